The summed E-state index contributed by atoms with van der Waals surface area (Å²) in [6.45, 7) is 5.69. The van der Waals surface area contributed by atoms with Crippen molar-refractivity contribution in [2.75, 3.05) is 6.54 Å². The molecular weight excluding hydrogens is 302 g/mol. The molecule has 0 spiro atoms. The summed E-state index contributed by atoms with van der Waals surface area (Å²) in [7, 11) is 0. The minimum Gasteiger partial charge on any atom is -0.444 e. The number of carbonyl (C=O) groups excluding carboxylic acids is 1. The number of hydrogen-bond acceptors (Lipinski definition) is 4. The Morgan fingerprint density at radius 2 is 2.14 bits per heavy atom. The van der Waals surface area contributed by atoms with Crippen molar-refractivity contribution in [3.05, 3.63) is 28.0 Å². The first-order chi connectivity index (χ1) is 10.3. The third-order valence-corrected chi connectivity index (χ3v) is 3.89. The Morgan fingerprint density at radius 3 is 2.77 bits per heavy atom. The molecule has 22 heavy (non-hydrogen) atoms. The number of rotatable bonds is 3. The summed E-state index contributed by atoms with van der Waals surface area (Å²) in [6.07, 6.45) is 3.75. The highest BCUT2D eigenvalue weighted by molar-refractivity contribution is 6.30. The highest BCUT2D eigenvalue weighted by atomic mass is 35.5. The van der Waals surface area contributed by atoms with Gasteiger partial charge in [-0.3, -0.25) is 0 Å². The zero-order chi connectivity index (χ0) is 16.3. The van der Waals surface area contributed by atoms with E-state index in [1.54, 1.807) is 0 Å². The lowest BCUT2D eigenvalue weighted by atomic mass is 9.94. The molecule has 0 saturated carbocycles. The molecule has 0 saturated heterocycles. The van der Waals surface area contributed by atoms with E-state index < -0.39 is 17.7 Å². The van der Waals surface area contributed by atoms with Crippen molar-refractivity contribution < 1.29 is 9.53 Å². The van der Waals surface area contributed by atoms with Crippen LogP contribution in [0.4, 0.5) is 4.79 Å². The number of hydrogen-bond donors (Lipinski definition) is 2. The zero-order valence-corrected chi connectivity index (χ0v) is 14.2. The van der Waals surface area contributed by atoms with Crippen LogP contribution in [-0.2, 0) is 17.6 Å². The second-order valence-electron chi connectivity index (χ2n) is 6.62. The number of aromatic nitrogens is 1. The molecule has 1 aromatic rings. The lowest BCUT2D eigenvalue weighted by Crippen LogP contribution is -2.38. The molecule has 0 fully saturated rings. The number of fused-ring (bicyclic) bond motifs is 1. The van der Waals surface area contributed by atoms with Crippen molar-refractivity contribution in [3.63, 3.8) is 0 Å². The highest BCUT2D eigenvalue weighted by Gasteiger charge is 2.23. The van der Waals surface area contributed by atoms with E-state index in [4.69, 9.17) is 22.1 Å². The van der Waals surface area contributed by atoms with Crippen LogP contribution in [0, 0.1) is 0 Å². The quantitative estimate of drug-likeness (QED) is 0.837. The lowest BCUT2D eigenvalue weighted by molar-refractivity contribution is 0.0505. The number of ether oxygens (including phenoxy) is 1. The minimum absolute atomic E-state index is 0.236. The van der Waals surface area contributed by atoms with Crippen LogP contribution in [0.25, 0.3) is 0 Å². The van der Waals surface area contributed by atoms with Crippen LogP contribution in [0.15, 0.2) is 6.07 Å². The van der Waals surface area contributed by atoms with Gasteiger partial charge in [-0.1, -0.05) is 11.6 Å². The van der Waals surface area contributed by atoms with Gasteiger partial charge in [-0.2, -0.15) is 0 Å². The molecule has 1 unspecified atom stereocenters. The fraction of sp³-hybridized carbons (Fsp3) is 0.625. The molecule has 1 heterocycles. The number of nitrogens with two attached hydrogens (primary N) is 1. The summed E-state index contributed by atoms with van der Waals surface area (Å²) < 4.78 is 5.27. The van der Waals surface area contributed by atoms with E-state index in [1.165, 1.54) is 5.56 Å². The van der Waals surface area contributed by atoms with E-state index in [0.717, 1.165) is 36.9 Å². The van der Waals surface area contributed by atoms with Gasteiger partial charge in [-0.25, -0.2) is 9.78 Å². The Hall–Kier alpha value is -1.33. The standard InChI is InChI=1S/C16H24ClN3O2/c1-16(2,3)22-15(21)20-13(9-18)11-8-10-6-4-5-7-12(10)19-14(11)17/h8,13H,4-7,9,18H2,1-3H3,(H,20,21). The van der Waals surface area contributed by atoms with E-state index in [1.807, 2.05) is 26.8 Å². The molecule has 0 aliphatic heterocycles. The second kappa shape index (κ2) is 6.84. The summed E-state index contributed by atoms with van der Waals surface area (Å²) in [6, 6.07) is 1.63. The van der Waals surface area contributed by atoms with Gasteiger partial charge in [-0.15, -0.1) is 0 Å². The Labute approximate surface area is 136 Å². The molecule has 6 heteroatoms. The fourth-order valence-corrected chi connectivity index (χ4v) is 2.87. The van der Waals surface area contributed by atoms with Gasteiger partial charge < -0.3 is 15.8 Å². The molecule has 0 radical (unpaired) electrons. The van der Waals surface area contributed by atoms with Crippen molar-refractivity contribution in [1.82, 2.24) is 10.3 Å². The number of nitrogens with one attached hydrogen (secondary N) is 1. The van der Waals surface area contributed by atoms with E-state index in [0.29, 0.717) is 5.15 Å². The van der Waals surface area contributed by atoms with Crippen LogP contribution in [0.5, 0.6) is 0 Å². The Morgan fingerprint density at radius 1 is 1.45 bits per heavy atom. The topological polar surface area (TPSA) is 77.2 Å². The fourth-order valence-electron chi connectivity index (χ4n) is 2.58. The van der Waals surface area contributed by atoms with Crippen LogP contribution in [0.2, 0.25) is 5.15 Å². The molecule has 1 aromatic heterocycles. The average molecular weight is 326 g/mol. The molecule has 3 N–H and O–H groups in total. The summed E-state index contributed by atoms with van der Waals surface area (Å²) in [4.78, 5) is 16.4. The number of halogens is 1. The number of amides is 1. The molecule has 1 atom stereocenters. The molecule has 122 valence electrons. The predicted octanol–water partition coefficient (Wildman–Crippen LogP) is 3.14. The molecule has 2 rings (SSSR count). The van der Waals surface area contributed by atoms with Crippen molar-refractivity contribution >= 4 is 17.7 Å². The highest BCUT2D eigenvalue weighted by Crippen LogP contribution is 2.28. The maximum atomic E-state index is 11.9. The largest absolute Gasteiger partial charge is 0.444 e. The van der Waals surface area contributed by atoms with Crippen LogP contribution in [0.1, 0.15) is 56.5 Å². The van der Waals surface area contributed by atoms with Crippen molar-refractivity contribution in [3.8, 4) is 0 Å². The first-order valence-electron chi connectivity index (χ1n) is 7.68. The van der Waals surface area contributed by atoms with Crippen molar-refractivity contribution in [1.29, 1.82) is 0 Å². The second-order valence-corrected chi connectivity index (χ2v) is 6.97. The zero-order valence-electron chi connectivity index (χ0n) is 13.4. The summed E-state index contributed by atoms with van der Waals surface area (Å²) in [5.74, 6) is 0. The number of alkyl carbamates (subject to hydrolysis) is 1. The van der Waals surface area contributed by atoms with Gasteiger partial charge in [0.05, 0.1) is 6.04 Å². The van der Waals surface area contributed by atoms with Gasteiger partial charge in [0.2, 0.25) is 0 Å². The Kier molecular flexibility index (Phi) is 5.29. The van der Waals surface area contributed by atoms with Gasteiger partial charge in [0.25, 0.3) is 0 Å². The molecular formula is C16H24ClN3O2. The van der Waals surface area contributed by atoms with Crippen molar-refractivity contribution in [2.45, 2.75) is 58.1 Å². The molecule has 1 amide bonds. The molecule has 1 aliphatic carbocycles. The van der Waals surface area contributed by atoms with Gasteiger partial charge in [0, 0.05) is 17.8 Å². The van der Waals surface area contributed by atoms with E-state index in [2.05, 4.69) is 10.3 Å². The molecule has 5 nitrogen and oxygen atoms in total. The maximum Gasteiger partial charge on any atom is 0.408 e. The molecule has 0 aromatic carbocycles. The van der Waals surface area contributed by atoms with Gasteiger partial charge in [-0.05, 0) is 58.1 Å². The van der Waals surface area contributed by atoms with Crippen LogP contribution in [0.3, 0.4) is 0 Å². The normalized spacial score (nSPS) is 15.9. The summed E-state index contributed by atoms with van der Waals surface area (Å²) >= 11 is 6.29. The van der Waals surface area contributed by atoms with Gasteiger partial charge >= 0.3 is 6.09 Å². The van der Waals surface area contributed by atoms with Crippen molar-refractivity contribution in [2.24, 2.45) is 5.73 Å². The van der Waals surface area contributed by atoms with E-state index >= 15 is 0 Å². The number of aryl methyl sites for hydroxylation is 2. The van der Waals surface area contributed by atoms with Gasteiger partial charge in [0.1, 0.15) is 10.8 Å². The third-order valence-electron chi connectivity index (χ3n) is 3.58. The van der Waals surface area contributed by atoms with Crippen LogP contribution < -0.4 is 11.1 Å². The van der Waals surface area contributed by atoms with Crippen LogP contribution in [-0.4, -0.2) is 23.2 Å². The monoisotopic (exact) mass is 325 g/mol. The minimum atomic E-state index is -0.554. The molecule has 0 bridgehead atoms. The Bertz CT molecular complexity index is 555. The first kappa shape index (κ1) is 17.0. The number of pyridine rings is 1. The third kappa shape index (κ3) is 4.34. The summed E-state index contributed by atoms with van der Waals surface area (Å²) in [5.41, 5.74) is 8.28. The number of carbonyl (C=O) groups is 1. The molecule has 1 aliphatic rings. The SMILES string of the molecule is CC(C)(C)OC(=O)NC(CN)c1cc2c(nc1Cl)CCCC2. The van der Waals surface area contributed by atoms with Gasteiger partial charge in [0.15, 0.2) is 0 Å². The van der Waals surface area contributed by atoms with Crippen LogP contribution >= 0.6 is 11.6 Å². The first-order valence-corrected chi connectivity index (χ1v) is 8.05. The summed E-state index contributed by atoms with van der Waals surface area (Å²) in [5, 5.41) is 3.19. The van der Waals surface area contributed by atoms with E-state index in [9.17, 15) is 4.79 Å². The maximum absolute atomic E-state index is 11.9. The Balaban J connectivity index is 2.18. The predicted molar refractivity (Wildman–Crippen MR) is 87.1 cm³/mol. The number of nitrogens with zero attached hydrogens (tertiary/aromatic N) is 1. The average Bonchev–Trinajstić information content (AvgIpc) is 2.42. The van der Waals surface area contributed by atoms with E-state index in [-0.39, 0.29) is 6.54 Å². The smallest absolute Gasteiger partial charge is 0.408 e. The lowest BCUT2D eigenvalue weighted by Gasteiger charge is -2.24.